The number of nitrogens with zero attached hydrogens (tertiary/aromatic N) is 4. The molecule has 0 spiro atoms. The van der Waals surface area contributed by atoms with Gasteiger partial charge in [-0.3, -0.25) is 14.8 Å². The third kappa shape index (κ3) is 3.83. The highest BCUT2D eigenvalue weighted by Crippen LogP contribution is 2.30. The molecule has 0 bridgehead atoms. The van der Waals surface area contributed by atoms with Gasteiger partial charge in [0.1, 0.15) is 5.82 Å². The first-order valence-electron chi connectivity index (χ1n) is 9.38. The summed E-state index contributed by atoms with van der Waals surface area (Å²) >= 11 is 0. The molecular weight excluding hydrogens is 410 g/mol. The Kier molecular flexibility index (Phi) is 5.12. The number of aromatic hydroxyl groups is 1. The van der Waals surface area contributed by atoms with Crippen LogP contribution in [-0.2, 0) is 23.0 Å². The van der Waals surface area contributed by atoms with E-state index in [2.05, 4.69) is 19.5 Å². The Morgan fingerprint density at radius 3 is 2.73 bits per heavy atom. The van der Waals surface area contributed by atoms with Crippen molar-refractivity contribution < 1.29 is 18.4 Å². The lowest BCUT2D eigenvalue weighted by Gasteiger charge is -2.11. The third-order valence-corrected chi connectivity index (χ3v) is 6.32. The van der Waals surface area contributed by atoms with Gasteiger partial charge < -0.3 is 9.67 Å². The average molecular weight is 429 g/mol. The number of nitrogens with one attached hydrogen (secondary N) is 1. The van der Waals surface area contributed by atoms with Gasteiger partial charge in [-0.05, 0) is 37.1 Å². The van der Waals surface area contributed by atoms with E-state index in [1.807, 2.05) is 6.07 Å². The Morgan fingerprint density at radius 1 is 1.10 bits per heavy atom. The first kappa shape index (κ1) is 19.8. The van der Waals surface area contributed by atoms with Gasteiger partial charge in [0.15, 0.2) is 11.6 Å². The minimum atomic E-state index is -4.10. The summed E-state index contributed by atoms with van der Waals surface area (Å²) in [4.78, 5) is 9.83. The van der Waals surface area contributed by atoms with Crippen molar-refractivity contribution in [3.05, 3.63) is 58.4 Å². The van der Waals surface area contributed by atoms with E-state index in [1.54, 1.807) is 18.2 Å². The van der Waals surface area contributed by atoms with Crippen molar-refractivity contribution >= 4 is 21.4 Å². The number of nitro groups is 1. The van der Waals surface area contributed by atoms with Gasteiger partial charge in [0, 0.05) is 30.3 Å². The average Bonchev–Trinajstić information content (AvgIpc) is 2.96. The number of nitro benzene ring substituents is 1. The van der Waals surface area contributed by atoms with E-state index in [0.717, 1.165) is 56.3 Å². The molecule has 156 valence electrons. The van der Waals surface area contributed by atoms with Crippen LogP contribution >= 0.6 is 0 Å². The van der Waals surface area contributed by atoms with Crippen LogP contribution in [0.5, 0.6) is 5.75 Å². The molecule has 1 aliphatic heterocycles. The van der Waals surface area contributed by atoms with Gasteiger partial charge in [0.2, 0.25) is 0 Å². The van der Waals surface area contributed by atoms with Gasteiger partial charge in [0.25, 0.3) is 10.0 Å². The van der Waals surface area contributed by atoms with Crippen LogP contribution in [0.25, 0.3) is 11.4 Å². The number of hydrogen-bond acceptors (Lipinski definition) is 7. The van der Waals surface area contributed by atoms with Crippen LogP contribution in [0, 0.1) is 10.1 Å². The summed E-state index contributed by atoms with van der Waals surface area (Å²) in [5.41, 5.74) is 0.319. The third-order valence-electron chi connectivity index (χ3n) is 4.94. The second-order valence-electron chi connectivity index (χ2n) is 7.00. The number of aryl methyl sites for hydroxylation is 1. The summed E-state index contributed by atoms with van der Waals surface area (Å²) in [5, 5.41) is 29.1. The summed E-state index contributed by atoms with van der Waals surface area (Å²) in [6.07, 6.45) is 4.08. The summed E-state index contributed by atoms with van der Waals surface area (Å²) in [6, 6.07) is 9.65. The molecule has 11 heteroatoms. The zero-order chi connectivity index (χ0) is 21.3. The summed E-state index contributed by atoms with van der Waals surface area (Å²) < 4.78 is 29.9. The zero-order valence-electron chi connectivity index (χ0n) is 15.9. The molecule has 0 unspecified atom stereocenters. The van der Waals surface area contributed by atoms with Crippen LogP contribution < -0.4 is 4.72 Å². The van der Waals surface area contributed by atoms with Gasteiger partial charge >= 0.3 is 5.69 Å². The number of phenolic OH excluding ortho intramolecular Hbond substituents is 1. The molecule has 4 rings (SSSR count). The number of sulfonamides is 1. The second kappa shape index (κ2) is 7.75. The molecule has 0 radical (unpaired) electrons. The first-order valence-corrected chi connectivity index (χ1v) is 10.9. The molecule has 1 aromatic heterocycles. The molecule has 0 saturated heterocycles. The van der Waals surface area contributed by atoms with Crippen molar-refractivity contribution in [3.63, 3.8) is 0 Å². The Labute approximate surface area is 172 Å². The van der Waals surface area contributed by atoms with Crippen molar-refractivity contribution in [2.75, 3.05) is 4.72 Å². The van der Waals surface area contributed by atoms with Crippen LogP contribution in [-0.4, -0.2) is 33.2 Å². The topological polar surface area (TPSA) is 140 Å². The fourth-order valence-electron chi connectivity index (χ4n) is 3.45. The number of benzene rings is 2. The molecule has 0 amide bonds. The molecule has 30 heavy (non-hydrogen) atoms. The molecule has 1 aliphatic rings. The van der Waals surface area contributed by atoms with E-state index in [0.29, 0.717) is 11.4 Å². The number of phenols is 1. The largest absolute Gasteiger partial charge is 0.502 e. The first-order chi connectivity index (χ1) is 14.3. The zero-order valence-corrected chi connectivity index (χ0v) is 16.7. The van der Waals surface area contributed by atoms with Crippen molar-refractivity contribution in [1.29, 1.82) is 0 Å². The van der Waals surface area contributed by atoms with Gasteiger partial charge in [-0.25, -0.2) is 8.42 Å². The maximum absolute atomic E-state index is 12.7. The fourth-order valence-corrected chi connectivity index (χ4v) is 4.52. The molecule has 0 atom stereocenters. The molecule has 0 aliphatic carbocycles. The highest BCUT2D eigenvalue weighted by Gasteiger charge is 2.22. The van der Waals surface area contributed by atoms with Crippen LogP contribution in [0.2, 0.25) is 0 Å². The summed E-state index contributed by atoms with van der Waals surface area (Å²) in [6.45, 7) is 0.810. The van der Waals surface area contributed by atoms with E-state index < -0.39 is 26.4 Å². The smallest absolute Gasteiger partial charge is 0.312 e. The van der Waals surface area contributed by atoms with E-state index in [-0.39, 0.29) is 10.6 Å². The maximum atomic E-state index is 12.7. The van der Waals surface area contributed by atoms with Crippen LogP contribution in [0.3, 0.4) is 0 Å². The highest BCUT2D eigenvalue weighted by molar-refractivity contribution is 7.92. The quantitative estimate of drug-likeness (QED) is 0.469. The maximum Gasteiger partial charge on any atom is 0.312 e. The Bertz CT molecular complexity index is 1220. The van der Waals surface area contributed by atoms with Gasteiger partial charge in [0.05, 0.1) is 9.82 Å². The van der Waals surface area contributed by atoms with Crippen LogP contribution in [0.1, 0.15) is 25.1 Å². The molecule has 3 aromatic rings. The molecule has 2 aromatic carbocycles. The van der Waals surface area contributed by atoms with Gasteiger partial charge in [-0.1, -0.05) is 18.6 Å². The number of hydrogen-bond donors (Lipinski definition) is 2. The lowest BCUT2D eigenvalue weighted by Crippen LogP contribution is -2.13. The van der Waals surface area contributed by atoms with Gasteiger partial charge in [-0.2, -0.15) is 0 Å². The fraction of sp³-hybridized carbons (Fsp3) is 0.263. The Morgan fingerprint density at radius 2 is 1.93 bits per heavy atom. The number of fused-ring (bicyclic) bond motifs is 1. The second-order valence-corrected chi connectivity index (χ2v) is 8.68. The van der Waals surface area contributed by atoms with E-state index in [4.69, 9.17) is 0 Å². The minimum absolute atomic E-state index is 0.286. The Hall–Kier alpha value is -3.47. The molecule has 2 heterocycles. The van der Waals surface area contributed by atoms with Crippen molar-refractivity contribution in [2.24, 2.45) is 0 Å². The predicted octanol–water partition coefficient (Wildman–Crippen LogP) is 3.09. The monoisotopic (exact) mass is 429 g/mol. The molecule has 0 fully saturated rings. The van der Waals surface area contributed by atoms with Crippen LogP contribution in [0.4, 0.5) is 11.4 Å². The molecule has 2 N–H and O–H groups in total. The standard InChI is InChI=1S/C19H19N5O5S/c25-17-9-8-15(12-16(17)24(26)27)30(28,29)22-14-6-4-5-13(11-14)19-21-20-18-7-2-1-3-10-23(18)19/h4-6,8-9,11-12,22,25H,1-3,7,10H2. The van der Waals surface area contributed by atoms with Crippen molar-refractivity contribution in [1.82, 2.24) is 14.8 Å². The molecule has 10 nitrogen and oxygen atoms in total. The number of aromatic nitrogens is 3. The SMILES string of the molecule is O=[N+]([O-])c1cc(S(=O)(=O)Nc2cccc(-c3nnc4n3CCCCC4)c2)ccc1O. The molecule has 0 saturated carbocycles. The van der Waals surface area contributed by atoms with Gasteiger partial charge in [-0.15, -0.1) is 10.2 Å². The van der Waals surface area contributed by atoms with Crippen molar-refractivity contribution in [3.8, 4) is 17.1 Å². The molecular formula is C19H19N5O5S. The van der Waals surface area contributed by atoms with Crippen LogP contribution in [0.15, 0.2) is 47.4 Å². The number of anilines is 1. The van der Waals surface area contributed by atoms with E-state index >= 15 is 0 Å². The Balaban J connectivity index is 1.65. The summed E-state index contributed by atoms with van der Waals surface area (Å²) in [7, 11) is -4.10. The van der Waals surface area contributed by atoms with E-state index in [9.17, 15) is 23.6 Å². The normalized spacial score (nSPS) is 14.0. The van der Waals surface area contributed by atoms with Crippen molar-refractivity contribution in [2.45, 2.75) is 37.1 Å². The highest BCUT2D eigenvalue weighted by atomic mass is 32.2. The minimum Gasteiger partial charge on any atom is -0.502 e. The van der Waals surface area contributed by atoms with E-state index in [1.165, 1.54) is 0 Å². The predicted molar refractivity (Wildman–Crippen MR) is 109 cm³/mol. The number of rotatable bonds is 5. The lowest BCUT2D eigenvalue weighted by atomic mass is 10.2. The summed E-state index contributed by atoms with van der Waals surface area (Å²) in [5.74, 6) is 0.992. The lowest BCUT2D eigenvalue weighted by molar-refractivity contribution is -0.386.